The average molecular weight is 463 g/mol. The second-order valence-corrected chi connectivity index (χ2v) is 8.90. The number of hydrogen-bond acceptors (Lipinski definition) is 6. The van der Waals surface area contributed by atoms with Crippen molar-refractivity contribution in [1.82, 2.24) is 0 Å². The summed E-state index contributed by atoms with van der Waals surface area (Å²) in [6.45, 7) is 2.51. The standard InChI is InChI=1S/C28H30O6/c1-19-25(29)26-27(34-19,17-32-26)18-33-28(20-7-5-4-6-8-20,21-9-13-23(30-2)14-10-21)22-11-15-24(31-3)16-12-22/h4-16,19,25-26,29H,17-18H2,1-3H3/t19?,25-,26-,27+/m0/s1. The van der Waals surface area contributed by atoms with Crippen molar-refractivity contribution in [1.29, 1.82) is 0 Å². The highest BCUT2D eigenvalue weighted by atomic mass is 16.7. The van der Waals surface area contributed by atoms with E-state index in [0.717, 1.165) is 28.2 Å². The molecular weight excluding hydrogens is 432 g/mol. The van der Waals surface area contributed by atoms with Gasteiger partial charge in [0.1, 0.15) is 34.9 Å². The molecule has 3 aromatic rings. The van der Waals surface area contributed by atoms with E-state index in [1.54, 1.807) is 14.2 Å². The maximum absolute atomic E-state index is 10.5. The predicted octanol–water partition coefficient (Wildman–Crippen LogP) is 3.93. The molecule has 0 aliphatic carbocycles. The van der Waals surface area contributed by atoms with Crippen molar-refractivity contribution in [2.45, 2.75) is 36.4 Å². The quantitative estimate of drug-likeness (QED) is 0.512. The lowest BCUT2D eigenvalue weighted by molar-refractivity contribution is -0.256. The lowest BCUT2D eigenvalue weighted by Crippen LogP contribution is -2.62. The molecule has 2 fully saturated rings. The van der Waals surface area contributed by atoms with E-state index in [4.69, 9.17) is 23.7 Å². The summed E-state index contributed by atoms with van der Waals surface area (Å²) in [5, 5.41) is 10.5. The van der Waals surface area contributed by atoms with Crippen molar-refractivity contribution in [3.8, 4) is 11.5 Å². The van der Waals surface area contributed by atoms with E-state index >= 15 is 0 Å². The first-order chi connectivity index (χ1) is 16.5. The molecule has 34 heavy (non-hydrogen) atoms. The Morgan fingerprint density at radius 2 is 1.38 bits per heavy atom. The molecule has 0 aromatic heterocycles. The van der Waals surface area contributed by atoms with Crippen molar-refractivity contribution >= 4 is 0 Å². The smallest absolute Gasteiger partial charge is 0.144 e. The molecule has 0 amide bonds. The summed E-state index contributed by atoms with van der Waals surface area (Å²) in [5.74, 6) is 1.53. The Balaban J connectivity index is 1.63. The van der Waals surface area contributed by atoms with E-state index in [1.807, 2.05) is 73.7 Å². The van der Waals surface area contributed by atoms with Crippen LogP contribution in [0.15, 0.2) is 78.9 Å². The largest absolute Gasteiger partial charge is 0.497 e. The van der Waals surface area contributed by atoms with Crippen LogP contribution < -0.4 is 9.47 Å². The van der Waals surface area contributed by atoms with Crippen LogP contribution in [0.5, 0.6) is 11.5 Å². The molecule has 2 aliphatic rings. The van der Waals surface area contributed by atoms with Crippen LogP contribution in [0.25, 0.3) is 0 Å². The van der Waals surface area contributed by atoms with Gasteiger partial charge in [-0.05, 0) is 47.9 Å². The molecular formula is C28H30O6. The number of aliphatic hydroxyl groups is 1. The molecule has 0 saturated carbocycles. The fourth-order valence-corrected chi connectivity index (χ4v) is 5.02. The van der Waals surface area contributed by atoms with Gasteiger partial charge >= 0.3 is 0 Å². The first-order valence-electron chi connectivity index (χ1n) is 11.5. The molecule has 6 heteroatoms. The summed E-state index contributed by atoms with van der Waals surface area (Å²) in [6.07, 6.45) is -1.39. The van der Waals surface area contributed by atoms with Crippen LogP contribution in [0.2, 0.25) is 0 Å². The minimum Gasteiger partial charge on any atom is -0.497 e. The lowest BCUT2D eigenvalue weighted by atomic mass is 9.79. The van der Waals surface area contributed by atoms with Gasteiger partial charge in [0.2, 0.25) is 0 Å². The van der Waals surface area contributed by atoms with Crippen LogP contribution in [0, 0.1) is 0 Å². The van der Waals surface area contributed by atoms with E-state index in [-0.39, 0.29) is 12.7 Å². The van der Waals surface area contributed by atoms with Crippen LogP contribution in [-0.2, 0) is 19.8 Å². The first kappa shape index (κ1) is 22.9. The second kappa shape index (κ2) is 9.04. The van der Waals surface area contributed by atoms with Gasteiger partial charge in [-0.2, -0.15) is 0 Å². The Morgan fingerprint density at radius 1 is 0.853 bits per heavy atom. The Kier molecular flexibility index (Phi) is 6.08. The number of rotatable bonds is 8. The second-order valence-electron chi connectivity index (χ2n) is 8.90. The van der Waals surface area contributed by atoms with Crippen LogP contribution in [0.3, 0.4) is 0 Å². The van der Waals surface area contributed by atoms with Crippen LogP contribution in [0.4, 0.5) is 0 Å². The zero-order valence-electron chi connectivity index (χ0n) is 19.6. The van der Waals surface area contributed by atoms with Crippen molar-refractivity contribution in [3.63, 3.8) is 0 Å². The van der Waals surface area contributed by atoms with Gasteiger partial charge in [0.15, 0.2) is 0 Å². The number of fused-ring (bicyclic) bond motifs is 1. The normalized spacial score (nSPS) is 25.9. The number of methoxy groups -OCH3 is 2. The van der Waals surface area contributed by atoms with E-state index in [1.165, 1.54) is 0 Å². The third-order valence-electron chi connectivity index (χ3n) is 6.94. The van der Waals surface area contributed by atoms with Gasteiger partial charge in [0.05, 0.1) is 33.5 Å². The van der Waals surface area contributed by atoms with Crippen molar-refractivity contribution in [2.24, 2.45) is 0 Å². The van der Waals surface area contributed by atoms with Gasteiger partial charge in [-0.3, -0.25) is 0 Å². The van der Waals surface area contributed by atoms with Gasteiger partial charge in [-0.1, -0.05) is 54.6 Å². The minimum atomic E-state index is -0.936. The zero-order valence-corrected chi connectivity index (χ0v) is 19.6. The average Bonchev–Trinajstić information content (AvgIpc) is 3.04. The maximum Gasteiger partial charge on any atom is 0.144 e. The van der Waals surface area contributed by atoms with Crippen molar-refractivity contribution < 1.29 is 28.8 Å². The fraction of sp³-hybridized carbons (Fsp3) is 0.357. The summed E-state index contributed by atoms with van der Waals surface area (Å²) in [6, 6.07) is 26.0. The highest BCUT2D eigenvalue weighted by Crippen LogP contribution is 2.46. The van der Waals surface area contributed by atoms with Crippen molar-refractivity contribution in [2.75, 3.05) is 27.4 Å². The molecule has 1 N–H and O–H groups in total. The molecule has 2 heterocycles. The molecule has 0 bridgehead atoms. The van der Waals surface area contributed by atoms with Gasteiger partial charge in [0.25, 0.3) is 0 Å². The molecule has 2 saturated heterocycles. The summed E-state index contributed by atoms with van der Waals surface area (Å²) in [5.41, 5.74) is 1.26. The third-order valence-corrected chi connectivity index (χ3v) is 6.94. The highest BCUT2D eigenvalue weighted by molar-refractivity contribution is 5.49. The summed E-state index contributed by atoms with van der Waals surface area (Å²) < 4.78 is 29.6. The molecule has 178 valence electrons. The number of benzene rings is 3. The van der Waals surface area contributed by atoms with E-state index in [9.17, 15) is 5.11 Å². The molecule has 4 atom stereocenters. The Hall–Kier alpha value is -2.90. The first-order valence-corrected chi connectivity index (χ1v) is 11.5. The number of aliphatic hydroxyl groups excluding tert-OH is 1. The zero-order chi connectivity index (χ0) is 23.8. The topological polar surface area (TPSA) is 66.4 Å². The van der Waals surface area contributed by atoms with Crippen LogP contribution >= 0.6 is 0 Å². The Morgan fingerprint density at radius 3 is 1.82 bits per heavy atom. The van der Waals surface area contributed by atoms with Gasteiger partial charge < -0.3 is 28.8 Å². The highest BCUT2D eigenvalue weighted by Gasteiger charge is 2.62. The van der Waals surface area contributed by atoms with E-state index < -0.39 is 23.4 Å². The minimum absolute atomic E-state index is 0.256. The van der Waals surface area contributed by atoms with Crippen LogP contribution in [0.1, 0.15) is 23.6 Å². The molecule has 2 aliphatic heterocycles. The van der Waals surface area contributed by atoms with Crippen molar-refractivity contribution in [3.05, 3.63) is 95.6 Å². The van der Waals surface area contributed by atoms with Gasteiger partial charge in [0, 0.05) is 0 Å². The van der Waals surface area contributed by atoms with E-state index in [2.05, 4.69) is 12.1 Å². The molecule has 0 spiro atoms. The number of hydrogen-bond donors (Lipinski definition) is 1. The van der Waals surface area contributed by atoms with Crippen LogP contribution in [-0.4, -0.2) is 56.5 Å². The molecule has 3 aromatic carbocycles. The molecule has 1 unspecified atom stereocenters. The van der Waals surface area contributed by atoms with E-state index in [0.29, 0.717) is 6.61 Å². The monoisotopic (exact) mass is 462 g/mol. The third kappa shape index (κ3) is 3.67. The predicted molar refractivity (Wildman–Crippen MR) is 127 cm³/mol. The lowest BCUT2D eigenvalue weighted by Gasteiger charge is -2.46. The van der Waals surface area contributed by atoms with Gasteiger partial charge in [-0.25, -0.2) is 0 Å². The summed E-state index contributed by atoms with van der Waals surface area (Å²) >= 11 is 0. The molecule has 0 radical (unpaired) electrons. The van der Waals surface area contributed by atoms with Gasteiger partial charge in [-0.15, -0.1) is 0 Å². The summed E-state index contributed by atoms with van der Waals surface area (Å²) in [7, 11) is 3.30. The maximum atomic E-state index is 10.5. The SMILES string of the molecule is COc1ccc(C(OC[C@]23CO[C@H]2[C@@H](O)C(C)O3)(c2ccccc2)c2ccc(OC)cc2)cc1. The number of ether oxygens (including phenoxy) is 5. The Bertz CT molecular complexity index is 1050. The molecule has 6 nitrogen and oxygen atoms in total. The summed E-state index contributed by atoms with van der Waals surface area (Å²) in [4.78, 5) is 0. The molecule has 5 rings (SSSR count). The Labute approximate surface area is 200 Å². The fourth-order valence-electron chi connectivity index (χ4n) is 5.02.